The number of unbranched alkanes of at least 4 members (excludes halogenated alkanes) is 12. The molecular weight excluding hydrogens is 310 g/mol. The molecule has 0 unspecified atom stereocenters. The number of carboxylic acid groups (broad SMARTS) is 1. The molecule has 0 rings (SSSR count). The molecule has 0 heterocycles. The number of rotatable bonds is 19. The molecule has 0 aromatic carbocycles. The summed E-state index contributed by atoms with van der Waals surface area (Å²) in [5.74, 6) is -0.701. The zero-order chi connectivity index (χ0) is 18.6. The third-order valence-electron chi connectivity index (χ3n) is 4.76. The molecule has 0 saturated carbocycles. The van der Waals surface area contributed by atoms with Crippen LogP contribution in [0.15, 0.2) is 12.2 Å². The Morgan fingerprint density at radius 2 is 1.24 bits per heavy atom. The van der Waals surface area contributed by atoms with Gasteiger partial charge in [-0.25, -0.2) is 0 Å². The maximum absolute atomic E-state index is 10.5. The van der Waals surface area contributed by atoms with Crippen LogP contribution in [0.3, 0.4) is 0 Å². The molecule has 1 N–H and O–H groups in total. The molecule has 0 aliphatic carbocycles. The van der Waals surface area contributed by atoms with Crippen molar-refractivity contribution in [3.8, 4) is 0 Å². The summed E-state index contributed by atoms with van der Waals surface area (Å²) in [5.41, 5.74) is 0. The molecule has 0 bridgehead atoms. The highest BCUT2D eigenvalue weighted by Crippen LogP contribution is 2.10. The van der Waals surface area contributed by atoms with Crippen molar-refractivity contribution in [3.05, 3.63) is 12.2 Å². The third-order valence-corrected chi connectivity index (χ3v) is 4.76. The lowest BCUT2D eigenvalue weighted by Gasteiger charge is -2.14. The zero-order valence-corrected chi connectivity index (χ0v) is 17.0. The van der Waals surface area contributed by atoms with Gasteiger partial charge in [0.05, 0.1) is 6.42 Å². The number of allylic oxidation sites excluding steroid dienone is 2. The van der Waals surface area contributed by atoms with Gasteiger partial charge in [0.1, 0.15) is 0 Å². The van der Waals surface area contributed by atoms with Crippen molar-refractivity contribution in [2.45, 2.75) is 103 Å². The molecule has 25 heavy (non-hydrogen) atoms. The number of hydrogen-bond donors (Lipinski definition) is 1. The van der Waals surface area contributed by atoms with E-state index in [1.165, 1.54) is 89.9 Å². The molecule has 3 nitrogen and oxygen atoms in total. The van der Waals surface area contributed by atoms with Crippen LogP contribution in [0.4, 0.5) is 0 Å². The Morgan fingerprint density at radius 1 is 0.760 bits per heavy atom. The number of carboxylic acids is 1. The normalized spacial score (nSPS) is 11.6. The second-order valence-electron chi connectivity index (χ2n) is 7.38. The summed E-state index contributed by atoms with van der Waals surface area (Å²) in [6, 6.07) is 0. The predicted octanol–water partition coefficient (Wildman–Crippen LogP) is 6.43. The molecule has 0 aromatic rings. The van der Waals surface area contributed by atoms with Crippen molar-refractivity contribution in [2.75, 3.05) is 20.1 Å². The smallest absolute Gasteiger partial charge is 0.304 e. The van der Waals surface area contributed by atoms with Gasteiger partial charge in [0.15, 0.2) is 0 Å². The lowest BCUT2D eigenvalue weighted by molar-refractivity contribution is -0.137. The van der Waals surface area contributed by atoms with Gasteiger partial charge in [-0.15, -0.1) is 0 Å². The molecule has 0 aliphatic rings. The molecule has 148 valence electrons. The zero-order valence-electron chi connectivity index (χ0n) is 17.0. The van der Waals surface area contributed by atoms with Crippen LogP contribution in [-0.2, 0) is 4.79 Å². The van der Waals surface area contributed by atoms with Crippen LogP contribution in [0.2, 0.25) is 0 Å². The average Bonchev–Trinajstić information content (AvgIpc) is 2.59. The van der Waals surface area contributed by atoms with Gasteiger partial charge in [-0.2, -0.15) is 0 Å². The van der Waals surface area contributed by atoms with Gasteiger partial charge in [-0.3, -0.25) is 4.79 Å². The van der Waals surface area contributed by atoms with E-state index in [9.17, 15) is 4.79 Å². The van der Waals surface area contributed by atoms with Gasteiger partial charge in [-0.1, -0.05) is 76.9 Å². The Morgan fingerprint density at radius 3 is 1.76 bits per heavy atom. The first-order chi connectivity index (χ1) is 12.2. The highest BCUT2D eigenvalue weighted by Gasteiger charge is 2.01. The van der Waals surface area contributed by atoms with E-state index in [1.807, 2.05) is 7.05 Å². The van der Waals surface area contributed by atoms with Crippen LogP contribution >= 0.6 is 0 Å². The van der Waals surface area contributed by atoms with E-state index in [0.717, 1.165) is 6.54 Å². The summed E-state index contributed by atoms with van der Waals surface area (Å²) in [7, 11) is 2.01. The highest BCUT2D eigenvalue weighted by molar-refractivity contribution is 5.66. The van der Waals surface area contributed by atoms with E-state index in [2.05, 4.69) is 24.0 Å². The van der Waals surface area contributed by atoms with Gasteiger partial charge in [0.2, 0.25) is 0 Å². The quantitative estimate of drug-likeness (QED) is 0.215. The third kappa shape index (κ3) is 21.1. The Bertz CT molecular complexity index is 315. The molecule has 0 atom stereocenters. The predicted molar refractivity (Wildman–Crippen MR) is 109 cm³/mol. The van der Waals surface area contributed by atoms with Crippen molar-refractivity contribution in [1.82, 2.24) is 4.90 Å². The first kappa shape index (κ1) is 24.2. The van der Waals surface area contributed by atoms with Crippen LogP contribution < -0.4 is 0 Å². The number of carbonyl (C=O) groups is 1. The first-order valence-electron chi connectivity index (χ1n) is 10.7. The number of hydrogen-bond acceptors (Lipinski definition) is 2. The van der Waals surface area contributed by atoms with Crippen molar-refractivity contribution >= 4 is 5.97 Å². The summed E-state index contributed by atoms with van der Waals surface area (Å²) < 4.78 is 0. The first-order valence-corrected chi connectivity index (χ1v) is 10.7. The second kappa shape index (κ2) is 19.5. The van der Waals surface area contributed by atoms with E-state index >= 15 is 0 Å². The second-order valence-corrected chi connectivity index (χ2v) is 7.38. The van der Waals surface area contributed by atoms with Gasteiger partial charge in [-0.05, 0) is 45.7 Å². The van der Waals surface area contributed by atoms with E-state index in [4.69, 9.17) is 5.11 Å². The van der Waals surface area contributed by atoms with Crippen molar-refractivity contribution in [1.29, 1.82) is 0 Å². The van der Waals surface area contributed by atoms with Crippen molar-refractivity contribution in [3.63, 3.8) is 0 Å². The van der Waals surface area contributed by atoms with Gasteiger partial charge >= 0.3 is 5.97 Å². The SMILES string of the molecule is CCCCCCCC/C=C\CCCCCCCCN(C)CCC(=O)O. The number of aliphatic carboxylic acids is 1. The maximum atomic E-state index is 10.5. The molecule has 0 aliphatic heterocycles. The lowest BCUT2D eigenvalue weighted by Crippen LogP contribution is -2.22. The molecule has 3 heteroatoms. The van der Waals surface area contributed by atoms with Crippen LogP contribution in [0, 0.1) is 0 Å². The Kier molecular flexibility index (Phi) is 18.8. The summed E-state index contributed by atoms with van der Waals surface area (Å²) in [5, 5.41) is 8.64. The summed E-state index contributed by atoms with van der Waals surface area (Å²) >= 11 is 0. The topological polar surface area (TPSA) is 40.5 Å². The Balaban J connectivity index is 3.18. The highest BCUT2D eigenvalue weighted by atomic mass is 16.4. The molecule has 0 radical (unpaired) electrons. The summed E-state index contributed by atoms with van der Waals surface area (Å²) in [6.45, 7) is 3.96. The van der Waals surface area contributed by atoms with Gasteiger partial charge in [0, 0.05) is 6.54 Å². The molecule has 0 saturated heterocycles. The fourth-order valence-electron chi connectivity index (χ4n) is 3.03. The average molecular weight is 354 g/mol. The monoisotopic (exact) mass is 353 g/mol. The minimum absolute atomic E-state index is 0.253. The largest absolute Gasteiger partial charge is 0.481 e. The van der Waals surface area contributed by atoms with E-state index in [-0.39, 0.29) is 6.42 Å². The van der Waals surface area contributed by atoms with Gasteiger partial charge < -0.3 is 10.0 Å². The van der Waals surface area contributed by atoms with Gasteiger partial charge in [0.25, 0.3) is 0 Å². The summed E-state index contributed by atoms with van der Waals surface area (Å²) in [6.07, 6.45) is 23.6. The molecule has 0 aromatic heterocycles. The Labute approximate surface area is 156 Å². The standard InChI is InChI=1S/C22H43NO2/c1-3-4-5-6-7-8-9-10-11-12-13-14-15-16-17-18-20-23(2)21-19-22(24)25/h10-11H,3-9,12-21H2,1-2H3,(H,24,25)/b11-10-. The molecule has 0 fully saturated rings. The molecule has 0 amide bonds. The minimum Gasteiger partial charge on any atom is -0.481 e. The summed E-state index contributed by atoms with van der Waals surface area (Å²) in [4.78, 5) is 12.6. The minimum atomic E-state index is -0.701. The number of nitrogens with zero attached hydrogens (tertiary/aromatic N) is 1. The van der Waals surface area contributed by atoms with E-state index < -0.39 is 5.97 Å². The van der Waals surface area contributed by atoms with Crippen molar-refractivity contribution in [2.24, 2.45) is 0 Å². The molecular formula is C22H43NO2. The van der Waals surface area contributed by atoms with E-state index in [0.29, 0.717) is 6.54 Å². The van der Waals surface area contributed by atoms with Crippen LogP contribution in [0.1, 0.15) is 103 Å². The van der Waals surface area contributed by atoms with Crippen LogP contribution in [0.25, 0.3) is 0 Å². The fourth-order valence-corrected chi connectivity index (χ4v) is 3.03. The fraction of sp³-hybridized carbons (Fsp3) is 0.864. The van der Waals surface area contributed by atoms with E-state index in [1.54, 1.807) is 0 Å². The lowest BCUT2D eigenvalue weighted by atomic mass is 10.1. The Hall–Kier alpha value is -0.830. The van der Waals surface area contributed by atoms with Crippen LogP contribution in [-0.4, -0.2) is 36.1 Å². The molecule has 0 spiro atoms. The van der Waals surface area contributed by atoms with Crippen LogP contribution in [0.5, 0.6) is 0 Å². The maximum Gasteiger partial charge on any atom is 0.304 e. The van der Waals surface area contributed by atoms with Crippen molar-refractivity contribution < 1.29 is 9.90 Å².